The Morgan fingerprint density at radius 1 is 0.588 bits per heavy atom. The lowest BCUT2D eigenvalue weighted by Gasteiger charge is -2.29. The molecule has 0 spiro atoms. The number of unbranched alkanes of at least 4 members (excludes halogenated alkanes) is 11. The summed E-state index contributed by atoms with van der Waals surface area (Å²) in [4.78, 5) is 2.19. The summed E-state index contributed by atoms with van der Waals surface area (Å²) in [6.07, 6.45) is 33.6. The van der Waals surface area contributed by atoms with E-state index in [2.05, 4.69) is 76.2 Å². The molecule has 3 nitrogen and oxygen atoms in total. The van der Waals surface area contributed by atoms with Gasteiger partial charge in [-0.05, 0) is 85.2 Å². The molecule has 0 fully saturated rings. The van der Waals surface area contributed by atoms with Crippen molar-refractivity contribution in [2.24, 2.45) is 0 Å². The van der Waals surface area contributed by atoms with Crippen LogP contribution in [-0.2, 0) is 9.47 Å². The van der Waals surface area contributed by atoms with Crippen molar-refractivity contribution in [2.75, 3.05) is 27.3 Å². The maximum Gasteiger partial charge on any atom is 0.172 e. The Morgan fingerprint density at radius 3 is 1.62 bits per heavy atom. The van der Waals surface area contributed by atoms with Crippen LogP contribution < -0.4 is 0 Å². The number of allylic oxidation sites excluding steroid dienone is 6. The van der Waals surface area contributed by atoms with Gasteiger partial charge in [0, 0.05) is 13.2 Å². The standard InChI is InChI=1S/C31H59NO2/c1-6-8-10-12-14-15-16-17-18-19-20-21-22-23-25-27-29-34-31(30(3)32(4)5)33-28-26-24-13-11-9-7-2/h9,11,14-15,17-18,30-31H,6-8,10,12-13,16,19-29H2,1-5H3/b11-9-,15-14-,18-17-/t30-,31?/m0/s1. The first-order valence-electron chi connectivity index (χ1n) is 14.5. The molecule has 0 N–H and O–H groups in total. The molecule has 0 radical (unpaired) electrons. The van der Waals surface area contributed by atoms with E-state index in [1.54, 1.807) is 0 Å². The van der Waals surface area contributed by atoms with E-state index < -0.39 is 0 Å². The lowest BCUT2D eigenvalue weighted by molar-refractivity contribution is -0.172. The van der Waals surface area contributed by atoms with Crippen LogP contribution in [0.1, 0.15) is 124 Å². The fourth-order valence-electron chi connectivity index (χ4n) is 3.71. The van der Waals surface area contributed by atoms with Crippen molar-refractivity contribution < 1.29 is 9.47 Å². The smallest absolute Gasteiger partial charge is 0.172 e. The van der Waals surface area contributed by atoms with Gasteiger partial charge in [0.25, 0.3) is 0 Å². The van der Waals surface area contributed by atoms with E-state index in [-0.39, 0.29) is 12.3 Å². The lowest BCUT2D eigenvalue weighted by atomic mass is 10.1. The van der Waals surface area contributed by atoms with E-state index in [0.29, 0.717) is 0 Å². The summed E-state index contributed by atoms with van der Waals surface area (Å²) in [5.41, 5.74) is 0. The molecule has 0 amide bonds. The topological polar surface area (TPSA) is 21.7 Å². The van der Waals surface area contributed by atoms with E-state index in [1.807, 2.05) is 0 Å². The molecular formula is C31H59NO2. The van der Waals surface area contributed by atoms with Crippen LogP contribution in [0.15, 0.2) is 36.5 Å². The predicted octanol–water partition coefficient (Wildman–Crippen LogP) is 9.25. The van der Waals surface area contributed by atoms with Crippen molar-refractivity contribution in [1.29, 1.82) is 0 Å². The maximum atomic E-state index is 6.14. The van der Waals surface area contributed by atoms with Gasteiger partial charge in [-0.15, -0.1) is 0 Å². The van der Waals surface area contributed by atoms with Gasteiger partial charge in [0.05, 0.1) is 6.04 Å². The van der Waals surface area contributed by atoms with Crippen molar-refractivity contribution in [1.82, 2.24) is 4.90 Å². The second-order valence-corrected chi connectivity index (χ2v) is 9.77. The summed E-state index contributed by atoms with van der Waals surface area (Å²) < 4.78 is 12.2. The molecule has 200 valence electrons. The largest absolute Gasteiger partial charge is 0.351 e. The monoisotopic (exact) mass is 477 g/mol. The van der Waals surface area contributed by atoms with Crippen LogP contribution in [-0.4, -0.2) is 44.5 Å². The number of likely N-dealkylation sites (N-methyl/N-ethyl adjacent to an activating group) is 1. The molecule has 0 aromatic rings. The first kappa shape index (κ1) is 33.1. The second kappa shape index (κ2) is 26.7. The van der Waals surface area contributed by atoms with Gasteiger partial charge in [-0.2, -0.15) is 0 Å². The van der Waals surface area contributed by atoms with Crippen molar-refractivity contribution >= 4 is 0 Å². The number of hydrogen-bond donors (Lipinski definition) is 0. The highest BCUT2D eigenvalue weighted by Gasteiger charge is 2.20. The van der Waals surface area contributed by atoms with Crippen LogP contribution in [0.25, 0.3) is 0 Å². The van der Waals surface area contributed by atoms with Crippen LogP contribution in [0.5, 0.6) is 0 Å². The molecule has 0 aliphatic carbocycles. The highest BCUT2D eigenvalue weighted by atomic mass is 16.7. The van der Waals surface area contributed by atoms with E-state index in [9.17, 15) is 0 Å². The van der Waals surface area contributed by atoms with Crippen LogP contribution in [0.3, 0.4) is 0 Å². The zero-order valence-corrected chi connectivity index (χ0v) is 23.6. The third kappa shape index (κ3) is 22.9. The molecule has 0 aliphatic rings. The van der Waals surface area contributed by atoms with E-state index in [0.717, 1.165) is 45.3 Å². The summed E-state index contributed by atoms with van der Waals surface area (Å²) in [6.45, 7) is 8.21. The molecule has 0 saturated heterocycles. The van der Waals surface area contributed by atoms with Gasteiger partial charge in [0.15, 0.2) is 6.29 Å². The molecule has 0 rings (SSSR count). The first-order valence-corrected chi connectivity index (χ1v) is 14.5. The Hall–Kier alpha value is -0.900. The Morgan fingerprint density at radius 2 is 1.06 bits per heavy atom. The van der Waals surface area contributed by atoms with Gasteiger partial charge < -0.3 is 14.4 Å². The van der Waals surface area contributed by atoms with E-state index in [1.165, 1.54) is 70.6 Å². The molecule has 1 unspecified atom stereocenters. The normalized spacial score (nSPS) is 14.3. The van der Waals surface area contributed by atoms with Crippen molar-refractivity contribution in [3.8, 4) is 0 Å². The number of rotatable bonds is 25. The zero-order chi connectivity index (χ0) is 25.1. The molecule has 0 aliphatic heterocycles. The summed E-state index contributed by atoms with van der Waals surface area (Å²) >= 11 is 0. The second-order valence-electron chi connectivity index (χ2n) is 9.77. The van der Waals surface area contributed by atoms with Crippen LogP contribution >= 0.6 is 0 Å². The third-order valence-electron chi connectivity index (χ3n) is 6.29. The van der Waals surface area contributed by atoms with Gasteiger partial charge in [0.1, 0.15) is 0 Å². The molecule has 0 bridgehead atoms. The molecular weight excluding hydrogens is 418 g/mol. The molecule has 0 aromatic heterocycles. The Labute approximate surface area is 214 Å². The van der Waals surface area contributed by atoms with Gasteiger partial charge in [0.2, 0.25) is 0 Å². The minimum atomic E-state index is -0.126. The van der Waals surface area contributed by atoms with Gasteiger partial charge >= 0.3 is 0 Å². The zero-order valence-electron chi connectivity index (χ0n) is 23.6. The number of nitrogens with zero attached hydrogens (tertiary/aromatic N) is 1. The summed E-state index contributed by atoms with van der Waals surface area (Å²) in [5.74, 6) is 0. The fourth-order valence-corrected chi connectivity index (χ4v) is 3.71. The molecule has 0 aromatic carbocycles. The summed E-state index contributed by atoms with van der Waals surface area (Å²) in [6, 6.07) is 0.268. The predicted molar refractivity (Wildman–Crippen MR) is 151 cm³/mol. The minimum absolute atomic E-state index is 0.126. The summed E-state index contributed by atoms with van der Waals surface area (Å²) in [5, 5.41) is 0. The Bertz CT molecular complexity index is 484. The number of hydrogen-bond acceptors (Lipinski definition) is 3. The highest BCUT2D eigenvalue weighted by Crippen LogP contribution is 2.12. The maximum absolute atomic E-state index is 6.14. The molecule has 2 atom stereocenters. The van der Waals surface area contributed by atoms with Gasteiger partial charge in [-0.25, -0.2) is 0 Å². The van der Waals surface area contributed by atoms with Crippen LogP contribution in [0.4, 0.5) is 0 Å². The van der Waals surface area contributed by atoms with Crippen LogP contribution in [0.2, 0.25) is 0 Å². The fraction of sp³-hybridized carbons (Fsp3) is 0.806. The average Bonchev–Trinajstić information content (AvgIpc) is 2.83. The van der Waals surface area contributed by atoms with Gasteiger partial charge in [-0.3, -0.25) is 0 Å². The molecule has 0 saturated carbocycles. The SMILES string of the molecule is CC/C=C\CCCCOC(OCCCCCCCC/C=C\C/C=C\CCCCC)[C@H](C)N(C)C. The molecule has 3 heteroatoms. The van der Waals surface area contributed by atoms with E-state index >= 15 is 0 Å². The number of ether oxygens (including phenoxy) is 2. The van der Waals surface area contributed by atoms with Crippen molar-refractivity contribution in [3.05, 3.63) is 36.5 Å². The van der Waals surface area contributed by atoms with Gasteiger partial charge in [-0.1, -0.05) is 88.8 Å². The molecule has 0 heterocycles. The lowest BCUT2D eigenvalue weighted by Crippen LogP contribution is -2.40. The Kier molecular flexibility index (Phi) is 26.0. The van der Waals surface area contributed by atoms with Crippen molar-refractivity contribution in [2.45, 2.75) is 136 Å². The molecule has 34 heavy (non-hydrogen) atoms. The summed E-state index contributed by atoms with van der Waals surface area (Å²) in [7, 11) is 4.20. The highest BCUT2D eigenvalue weighted by molar-refractivity contribution is 4.92. The third-order valence-corrected chi connectivity index (χ3v) is 6.29. The average molecular weight is 478 g/mol. The van der Waals surface area contributed by atoms with E-state index in [4.69, 9.17) is 9.47 Å². The first-order chi connectivity index (χ1) is 16.6. The quantitative estimate of drug-likeness (QED) is 0.0742. The van der Waals surface area contributed by atoms with Crippen LogP contribution in [0, 0.1) is 0 Å². The van der Waals surface area contributed by atoms with Crippen molar-refractivity contribution in [3.63, 3.8) is 0 Å². The Balaban J connectivity index is 3.70. The minimum Gasteiger partial charge on any atom is -0.351 e.